The van der Waals surface area contributed by atoms with Gasteiger partial charge in [0.1, 0.15) is 11.5 Å². The molecular weight excluding hydrogens is 324 g/mol. The van der Waals surface area contributed by atoms with Gasteiger partial charge >= 0.3 is 0 Å². The number of amides is 1. The average molecular weight is 345 g/mol. The third-order valence-electron chi connectivity index (χ3n) is 4.15. The van der Waals surface area contributed by atoms with Crippen molar-refractivity contribution in [1.29, 1.82) is 0 Å². The minimum atomic E-state index is -0.242. The first-order valence-electron chi connectivity index (χ1n) is 8.32. The molecule has 2 aromatic heterocycles. The molecule has 1 N–H and O–H groups in total. The van der Waals surface area contributed by atoms with Crippen molar-refractivity contribution < 1.29 is 4.79 Å². The molecule has 0 saturated carbocycles. The Kier molecular flexibility index (Phi) is 5.64. The summed E-state index contributed by atoms with van der Waals surface area (Å²) in [7, 11) is 0. The SMILES string of the molecule is O=C(NCc1ccc(N2CCCCCC2)nc1)c1cc(Cl)ccn1. The van der Waals surface area contributed by atoms with Gasteiger partial charge in [0, 0.05) is 37.1 Å². The van der Waals surface area contributed by atoms with Crippen molar-refractivity contribution in [3.05, 3.63) is 52.9 Å². The minimum absolute atomic E-state index is 0.242. The van der Waals surface area contributed by atoms with Crippen molar-refractivity contribution in [2.24, 2.45) is 0 Å². The van der Waals surface area contributed by atoms with E-state index >= 15 is 0 Å². The topological polar surface area (TPSA) is 58.1 Å². The lowest BCUT2D eigenvalue weighted by Gasteiger charge is -2.21. The molecule has 1 aliphatic rings. The number of rotatable bonds is 4. The highest BCUT2D eigenvalue weighted by molar-refractivity contribution is 6.30. The fourth-order valence-corrected chi connectivity index (χ4v) is 2.97. The number of nitrogens with one attached hydrogen (secondary N) is 1. The summed E-state index contributed by atoms with van der Waals surface area (Å²) in [6, 6.07) is 7.24. The van der Waals surface area contributed by atoms with Crippen LogP contribution >= 0.6 is 11.6 Å². The van der Waals surface area contributed by atoms with Crippen LogP contribution in [-0.4, -0.2) is 29.0 Å². The van der Waals surface area contributed by atoms with E-state index in [9.17, 15) is 4.79 Å². The molecule has 5 nitrogen and oxygen atoms in total. The van der Waals surface area contributed by atoms with Crippen molar-refractivity contribution in [3.63, 3.8) is 0 Å². The first kappa shape index (κ1) is 16.7. The van der Waals surface area contributed by atoms with Gasteiger partial charge in [0.2, 0.25) is 0 Å². The van der Waals surface area contributed by atoms with E-state index in [1.165, 1.54) is 31.9 Å². The van der Waals surface area contributed by atoms with Gasteiger partial charge in [0.05, 0.1) is 0 Å². The summed E-state index contributed by atoms with van der Waals surface area (Å²) in [6.45, 7) is 2.56. The molecule has 0 atom stereocenters. The molecule has 1 fully saturated rings. The van der Waals surface area contributed by atoms with Crippen molar-refractivity contribution in [1.82, 2.24) is 15.3 Å². The number of nitrogens with zero attached hydrogens (tertiary/aromatic N) is 3. The van der Waals surface area contributed by atoms with Crippen LogP contribution in [0.25, 0.3) is 0 Å². The summed E-state index contributed by atoms with van der Waals surface area (Å²) in [5.41, 5.74) is 1.28. The van der Waals surface area contributed by atoms with Gasteiger partial charge in [-0.3, -0.25) is 9.78 Å². The molecule has 0 radical (unpaired) electrons. The Morgan fingerprint density at radius 1 is 1.12 bits per heavy atom. The lowest BCUT2D eigenvalue weighted by Crippen LogP contribution is -2.25. The van der Waals surface area contributed by atoms with Crippen LogP contribution in [0, 0.1) is 0 Å². The largest absolute Gasteiger partial charge is 0.357 e. The third-order valence-corrected chi connectivity index (χ3v) is 4.38. The minimum Gasteiger partial charge on any atom is -0.357 e. The molecule has 0 bridgehead atoms. The second kappa shape index (κ2) is 8.11. The van der Waals surface area contributed by atoms with Crippen LogP contribution in [0.5, 0.6) is 0 Å². The van der Waals surface area contributed by atoms with Gasteiger partial charge in [-0.15, -0.1) is 0 Å². The normalized spacial score (nSPS) is 15.0. The predicted molar refractivity (Wildman–Crippen MR) is 95.3 cm³/mol. The van der Waals surface area contributed by atoms with E-state index in [-0.39, 0.29) is 5.91 Å². The molecule has 3 heterocycles. The molecule has 0 aromatic carbocycles. The summed E-state index contributed by atoms with van der Waals surface area (Å²) in [5, 5.41) is 3.34. The first-order chi connectivity index (χ1) is 11.7. The average Bonchev–Trinajstić information content (AvgIpc) is 2.89. The fraction of sp³-hybridized carbons (Fsp3) is 0.389. The van der Waals surface area contributed by atoms with Crippen LogP contribution in [0.2, 0.25) is 5.02 Å². The van der Waals surface area contributed by atoms with Crippen molar-refractivity contribution in [3.8, 4) is 0 Å². The molecule has 3 rings (SSSR count). The van der Waals surface area contributed by atoms with E-state index in [1.54, 1.807) is 12.1 Å². The van der Waals surface area contributed by atoms with Crippen LogP contribution < -0.4 is 10.2 Å². The van der Waals surface area contributed by atoms with Gasteiger partial charge < -0.3 is 10.2 Å². The Morgan fingerprint density at radius 3 is 2.58 bits per heavy atom. The molecule has 1 saturated heterocycles. The van der Waals surface area contributed by atoms with E-state index in [2.05, 4.69) is 20.2 Å². The number of hydrogen-bond acceptors (Lipinski definition) is 4. The number of carbonyl (C=O) groups excluding carboxylic acids is 1. The van der Waals surface area contributed by atoms with Gasteiger partial charge in [-0.25, -0.2) is 4.98 Å². The van der Waals surface area contributed by atoms with Crippen LogP contribution in [0.3, 0.4) is 0 Å². The Morgan fingerprint density at radius 2 is 1.92 bits per heavy atom. The zero-order valence-electron chi connectivity index (χ0n) is 13.5. The first-order valence-corrected chi connectivity index (χ1v) is 8.70. The third kappa shape index (κ3) is 4.45. The number of halogens is 1. The zero-order chi connectivity index (χ0) is 16.8. The van der Waals surface area contributed by atoms with Gasteiger partial charge in [-0.05, 0) is 36.6 Å². The molecule has 6 heteroatoms. The van der Waals surface area contributed by atoms with E-state index in [0.717, 1.165) is 24.5 Å². The summed E-state index contributed by atoms with van der Waals surface area (Å²) in [6.07, 6.45) is 8.41. The monoisotopic (exact) mass is 344 g/mol. The maximum absolute atomic E-state index is 12.1. The predicted octanol–water partition coefficient (Wildman–Crippen LogP) is 3.44. The van der Waals surface area contributed by atoms with E-state index in [0.29, 0.717) is 17.3 Å². The number of aromatic nitrogens is 2. The Labute approximate surface area is 147 Å². The highest BCUT2D eigenvalue weighted by Crippen LogP contribution is 2.17. The van der Waals surface area contributed by atoms with Crippen molar-refractivity contribution in [2.75, 3.05) is 18.0 Å². The molecule has 126 valence electrons. The summed E-state index contributed by atoms with van der Waals surface area (Å²) >= 11 is 5.87. The maximum atomic E-state index is 12.1. The molecule has 1 aliphatic heterocycles. The van der Waals surface area contributed by atoms with Crippen LogP contribution in [0.4, 0.5) is 5.82 Å². The summed E-state index contributed by atoms with van der Waals surface area (Å²) in [4.78, 5) is 23.0. The Bertz CT molecular complexity index is 682. The molecule has 0 spiro atoms. The Balaban J connectivity index is 1.57. The van der Waals surface area contributed by atoms with E-state index in [1.807, 2.05) is 18.3 Å². The maximum Gasteiger partial charge on any atom is 0.270 e. The summed E-state index contributed by atoms with van der Waals surface area (Å²) in [5.74, 6) is 0.776. The van der Waals surface area contributed by atoms with E-state index < -0.39 is 0 Å². The number of carbonyl (C=O) groups is 1. The highest BCUT2D eigenvalue weighted by Gasteiger charge is 2.11. The Hall–Kier alpha value is -2.14. The van der Waals surface area contributed by atoms with Crippen molar-refractivity contribution >= 4 is 23.3 Å². The van der Waals surface area contributed by atoms with Crippen LogP contribution in [0.1, 0.15) is 41.7 Å². The fourth-order valence-electron chi connectivity index (χ4n) is 2.81. The molecule has 0 unspecified atom stereocenters. The quantitative estimate of drug-likeness (QED) is 0.923. The highest BCUT2D eigenvalue weighted by atomic mass is 35.5. The molecular formula is C18H21ClN4O. The molecule has 0 aliphatic carbocycles. The smallest absolute Gasteiger partial charge is 0.270 e. The molecule has 2 aromatic rings. The number of anilines is 1. The second-order valence-electron chi connectivity index (χ2n) is 5.97. The number of pyridine rings is 2. The number of hydrogen-bond donors (Lipinski definition) is 1. The van der Waals surface area contributed by atoms with Gasteiger partial charge in [0.25, 0.3) is 5.91 Å². The standard InChI is InChI=1S/C18H21ClN4O/c19-15-7-8-20-16(11-15)18(24)22-13-14-5-6-17(21-12-14)23-9-3-1-2-4-10-23/h5-8,11-12H,1-4,9-10,13H2,(H,22,24). The summed E-state index contributed by atoms with van der Waals surface area (Å²) < 4.78 is 0. The molecule has 24 heavy (non-hydrogen) atoms. The van der Waals surface area contributed by atoms with Crippen LogP contribution in [0.15, 0.2) is 36.7 Å². The lowest BCUT2D eigenvalue weighted by molar-refractivity contribution is 0.0946. The van der Waals surface area contributed by atoms with Crippen molar-refractivity contribution in [2.45, 2.75) is 32.2 Å². The van der Waals surface area contributed by atoms with Crippen LogP contribution in [-0.2, 0) is 6.54 Å². The van der Waals surface area contributed by atoms with E-state index in [4.69, 9.17) is 11.6 Å². The van der Waals surface area contributed by atoms with Gasteiger partial charge in [0.15, 0.2) is 0 Å². The van der Waals surface area contributed by atoms with Gasteiger partial charge in [-0.1, -0.05) is 30.5 Å². The lowest BCUT2D eigenvalue weighted by atomic mass is 10.2. The zero-order valence-corrected chi connectivity index (χ0v) is 14.3. The molecule has 1 amide bonds. The second-order valence-corrected chi connectivity index (χ2v) is 6.40. The van der Waals surface area contributed by atoms with Gasteiger partial charge in [-0.2, -0.15) is 0 Å².